The zero-order valence-corrected chi connectivity index (χ0v) is 16.3. The Morgan fingerprint density at radius 3 is 2.21 bits per heavy atom. The number of nitrogens with zero attached hydrogens (tertiary/aromatic N) is 2. The number of para-hydroxylation sites is 3. The lowest BCUT2D eigenvalue weighted by Gasteiger charge is -2.14. The highest BCUT2D eigenvalue weighted by Crippen LogP contribution is 2.26. The maximum atomic E-state index is 12.5. The largest absolute Gasteiger partial charge is 0.495 e. The van der Waals surface area contributed by atoms with Gasteiger partial charge in [0.15, 0.2) is 0 Å². The minimum Gasteiger partial charge on any atom is -0.495 e. The number of benzene rings is 2. The average Bonchev–Trinajstić information content (AvgIpc) is 2.74. The second kappa shape index (κ2) is 8.99. The second-order valence-electron chi connectivity index (χ2n) is 6.23. The Kier molecular flexibility index (Phi) is 6.22. The number of aryl methyl sites for hydroxylation is 2. The third kappa shape index (κ3) is 4.28. The van der Waals surface area contributed by atoms with Crippen molar-refractivity contribution in [3.63, 3.8) is 0 Å². The van der Waals surface area contributed by atoms with Crippen LogP contribution in [-0.2, 0) is 12.8 Å². The van der Waals surface area contributed by atoms with E-state index in [1.165, 1.54) is 23.5 Å². The Hall–Kier alpha value is -3.41. The quantitative estimate of drug-likeness (QED) is 0.630. The molecule has 0 aliphatic carbocycles. The monoisotopic (exact) mass is 376 g/mol. The molecule has 144 valence electrons. The standard InChI is InChI=1S/C22H24N4O2/c1-4-15-9-8-10-16(5-2)20(15)26-22-23-13-17(14-24-22)21(27)25-18-11-6-7-12-19(18)28-3/h6-14H,4-5H2,1-3H3,(H,25,27)(H,23,24,26). The highest BCUT2D eigenvalue weighted by Gasteiger charge is 2.12. The highest BCUT2D eigenvalue weighted by atomic mass is 16.5. The molecule has 3 rings (SSSR count). The van der Waals surface area contributed by atoms with Crippen LogP contribution < -0.4 is 15.4 Å². The summed E-state index contributed by atoms with van der Waals surface area (Å²) in [5.41, 5.74) is 4.43. The lowest BCUT2D eigenvalue weighted by atomic mass is 10.0. The van der Waals surface area contributed by atoms with Gasteiger partial charge >= 0.3 is 0 Å². The molecule has 2 aromatic carbocycles. The van der Waals surface area contributed by atoms with Gasteiger partial charge in [0, 0.05) is 18.1 Å². The molecule has 1 aromatic heterocycles. The van der Waals surface area contributed by atoms with Crippen LogP contribution in [0.5, 0.6) is 5.75 Å². The van der Waals surface area contributed by atoms with E-state index in [4.69, 9.17) is 4.74 Å². The zero-order chi connectivity index (χ0) is 19.9. The van der Waals surface area contributed by atoms with Crippen LogP contribution in [0.25, 0.3) is 0 Å². The number of carbonyl (C=O) groups excluding carboxylic acids is 1. The van der Waals surface area contributed by atoms with E-state index in [2.05, 4.69) is 52.6 Å². The molecule has 0 fully saturated rings. The van der Waals surface area contributed by atoms with Crippen LogP contribution in [0.2, 0.25) is 0 Å². The molecule has 6 nitrogen and oxygen atoms in total. The van der Waals surface area contributed by atoms with Gasteiger partial charge in [-0.2, -0.15) is 0 Å². The van der Waals surface area contributed by atoms with Crippen molar-refractivity contribution in [2.45, 2.75) is 26.7 Å². The van der Waals surface area contributed by atoms with Crippen LogP contribution in [0, 0.1) is 0 Å². The van der Waals surface area contributed by atoms with E-state index >= 15 is 0 Å². The lowest BCUT2D eigenvalue weighted by molar-refractivity contribution is 0.102. The van der Waals surface area contributed by atoms with Crippen molar-refractivity contribution >= 4 is 23.2 Å². The minimum atomic E-state index is -0.292. The number of anilines is 3. The van der Waals surface area contributed by atoms with Crippen molar-refractivity contribution in [2.24, 2.45) is 0 Å². The summed E-state index contributed by atoms with van der Waals surface area (Å²) < 4.78 is 5.26. The summed E-state index contributed by atoms with van der Waals surface area (Å²) in [6.07, 6.45) is 4.85. The van der Waals surface area contributed by atoms with E-state index < -0.39 is 0 Å². The predicted octanol–water partition coefficient (Wildman–Crippen LogP) is 4.61. The number of hydrogen-bond donors (Lipinski definition) is 2. The molecule has 3 aromatic rings. The third-order valence-corrected chi connectivity index (χ3v) is 4.50. The van der Waals surface area contributed by atoms with Gasteiger partial charge in [-0.15, -0.1) is 0 Å². The van der Waals surface area contributed by atoms with Crippen molar-refractivity contribution in [2.75, 3.05) is 17.7 Å². The number of methoxy groups -OCH3 is 1. The van der Waals surface area contributed by atoms with E-state index in [9.17, 15) is 4.79 Å². The first-order valence-corrected chi connectivity index (χ1v) is 9.30. The third-order valence-electron chi connectivity index (χ3n) is 4.50. The van der Waals surface area contributed by atoms with Crippen LogP contribution in [0.4, 0.5) is 17.3 Å². The first-order chi connectivity index (χ1) is 13.7. The molecule has 0 saturated heterocycles. The number of hydrogen-bond acceptors (Lipinski definition) is 5. The maximum absolute atomic E-state index is 12.5. The van der Waals surface area contributed by atoms with Crippen molar-refractivity contribution in [3.05, 3.63) is 71.5 Å². The number of carbonyl (C=O) groups is 1. The molecule has 0 aliphatic rings. The molecule has 0 bridgehead atoms. The molecular weight excluding hydrogens is 352 g/mol. The molecule has 2 N–H and O–H groups in total. The number of aromatic nitrogens is 2. The fraction of sp³-hybridized carbons (Fsp3) is 0.227. The Morgan fingerprint density at radius 1 is 0.964 bits per heavy atom. The first-order valence-electron chi connectivity index (χ1n) is 9.30. The van der Waals surface area contributed by atoms with Crippen molar-refractivity contribution in [1.29, 1.82) is 0 Å². The van der Waals surface area contributed by atoms with Gasteiger partial charge in [0.2, 0.25) is 5.95 Å². The van der Waals surface area contributed by atoms with Gasteiger partial charge in [-0.05, 0) is 36.1 Å². The SMILES string of the molecule is CCc1cccc(CC)c1Nc1ncc(C(=O)Nc2ccccc2OC)cn1. The average molecular weight is 376 g/mol. The molecule has 0 radical (unpaired) electrons. The van der Waals surface area contributed by atoms with E-state index in [0.29, 0.717) is 22.9 Å². The molecule has 0 aliphatic heterocycles. The first kappa shape index (κ1) is 19.4. The number of ether oxygens (including phenoxy) is 1. The predicted molar refractivity (Wildman–Crippen MR) is 111 cm³/mol. The van der Waals surface area contributed by atoms with Gasteiger partial charge in [-0.25, -0.2) is 9.97 Å². The van der Waals surface area contributed by atoms with Crippen LogP contribution >= 0.6 is 0 Å². The molecular formula is C22H24N4O2. The topological polar surface area (TPSA) is 76.1 Å². The molecule has 6 heteroatoms. The van der Waals surface area contributed by atoms with Gasteiger partial charge in [0.1, 0.15) is 5.75 Å². The fourth-order valence-corrected chi connectivity index (χ4v) is 2.97. The highest BCUT2D eigenvalue weighted by molar-refractivity contribution is 6.04. The summed E-state index contributed by atoms with van der Waals surface area (Å²) in [5.74, 6) is 0.766. The summed E-state index contributed by atoms with van der Waals surface area (Å²) in [5, 5.41) is 6.12. The Balaban J connectivity index is 1.76. The molecule has 0 unspecified atom stereocenters. The van der Waals surface area contributed by atoms with Crippen molar-refractivity contribution in [3.8, 4) is 5.75 Å². The summed E-state index contributed by atoms with van der Waals surface area (Å²) in [4.78, 5) is 21.1. The van der Waals surface area contributed by atoms with Crippen molar-refractivity contribution in [1.82, 2.24) is 9.97 Å². The van der Waals surface area contributed by atoms with E-state index in [1.807, 2.05) is 12.1 Å². The lowest BCUT2D eigenvalue weighted by Crippen LogP contribution is -2.14. The van der Waals surface area contributed by atoms with Crippen LogP contribution in [0.1, 0.15) is 35.3 Å². The molecule has 1 amide bonds. The van der Waals surface area contributed by atoms with Crippen molar-refractivity contribution < 1.29 is 9.53 Å². The van der Waals surface area contributed by atoms with E-state index in [1.54, 1.807) is 19.2 Å². The van der Waals surface area contributed by atoms with Gasteiger partial charge < -0.3 is 15.4 Å². The van der Waals surface area contributed by atoms with Crippen LogP contribution in [0.3, 0.4) is 0 Å². The maximum Gasteiger partial charge on any atom is 0.258 e. The second-order valence-corrected chi connectivity index (χ2v) is 6.23. The fourth-order valence-electron chi connectivity index (χ4n) is 2.97. The molecule has 0 spiro atoms. The van der Waals surface area contributed by atoms with E-state index in [-0.39, 0.29) is 5.91 Å². The van der Waals surface area contributed by atoms with Gasteiger partial charge in [0.05, 0.1) is 18.4 Å². The number of rotatable bonds is 7. The normalized spacial score (nSPS) is 10.4. The minimum absolute atomic E-state index is 0.292. The Bertz CT molecular complexity index is 933. The Labute approximate surface area is 165 Å². The van der Waals surface area contributed by atoms with Gasteiger partial charge in [-0.3, -0.25) is 4.79 Å². The van der Waals surface area contributed by atoms with Crippen LogP contribution in [0.15, 0.2) is 54.9 Å². The number of nitrogens with one attached hydrogen (secondary N) is 2. The summed E-state index contributed by atoms with van der Waals surface area (Å²) in [7, 11) is 1.56. The van der Waals surface area contributed by atoms with Gasteiger partial charge in [-0.1, -0.05) is 44.2 Å². The zero-order valence-electron chi connectivity index (χ0n) is 16.3. The smallest absolute Gasteiger partial charge is 0.258 e. The molecule has 28 heavy (non-hydrogen) atoms. The number of amides is 1. The molecule has 0 atom stereocenters. The van der Waals surface area contributed by atoms with Gasteiger partial charge in [0.25, 0.3) is 5.91 Å². The van der Waals surface area contributed by atoms with E-state index in [0.717, 1.165) is 18.5 Å². The molecule has 1 heterocycles. The van der Waals surface area contributed by atoms with Crippen LogP contribution in [-0.4, -0.2) is 23.0 Å². The Morgan fingerprint density at radius 2 is 1.61 bits per heavy atom. The summed E-state index contributed by atoms with van der Waals surface area (Å²) >= 11 is 0. The molecule has 0 saturated carbocycles. The summed E-state index contributed by atoms with van der Waals surface area (Å²) in [6, 6.07) is 13.5. The summed E-state index contributed by atoms with van der Waals surface area (Å²) in [6.45, 7) is 4.23.